The largest absolute Gasteiger partial charge is 0.506 e. The lowest BCUT2D eigenvalue weighted by atomic mass is 9.74. The Morgan fingerprint density at radius 3 is 2.91 bits per heavy atom. The van der Waals surface area contributed by atoms with E-state index in [9.17, 15) is 14.3 Å². The van der Waals surface area contributed by atoms with Crippen molar-refractivity contribution in [2.45, 2.75) is 19.3 Å². The summed E-state index contributed by atoms with van der Waals surface area (Å²) in [5.41, 5.74) is 0.492. The molecule has 1 aliphatic rings. The Hall–Kier alpha value is -1.92. The van der Waals surface area contributed by atoms with Gasteiger partial charge < -0.3 is 9.84 Å². The second-order valence-electron chi connectivity index (χ2n) is 5.59. The summed E-state index contributed by atoms with van der Waals surface area (Å²) in [7, 11) is -0.506. The molecule has 0 fully saturated rings. The second-order valence-corrected chi connectivity index (χ2v) is 6.85. The van der Waals surface area contributed by atoms with Crippen LogP contribution in [0.4, 0.5) is 4.39 Å². The van der Waals surface area contributed by atoms with Gasteiger partial charge in [-0.25, -0.2) is 9.37 Å². The average molecular weight is 355 g/mol. The van der Waals surface area contributed by atoms with Crippen molar-refractivity contribution in [2.75, 3.05) is 7.09 Å². The first-order chi connectivity index (χ1) is 11.3. The number of thiazole rings is 1. The van der Waals surface area contributed by atoms with Crippen molar-refractivity contribution in [1.82, 2.24) is 4.98 Å². The molecule has 0 spiro atoms. The Kier molecular flexibility index (Phi) is 3.39. The molecular weight excluding hydrogens is 341 g/mol. The van der Waals surface area contributed by atoms with Gasteiger partial charge in [0.15, 0.2) is 5.78 Å². The Morgan fingerprint density at radius 1 is 1.48 bits per heavy atom. The van der Waals surface area contributed by atoms with Crippen molar-refractivity contribution in [2.24, 2.45) is 0 Å². The lowest BCUT2D eigenvalue weighted by Crippen LogP contribution is -2.35. The van der Waals surface area contributed by atoms with Crippen LogP contribution in [0.2, 0.25) is 5.02 Å². The number of aliphatic hydroxyl groups excluding tert-OH is 1. The highest BCUT2D eigenvalue weighted by Gasteiger charge is 2.44. The number of methoxy groups -OCH3 is 1. The summed E-state index contributed by atoms with van der Waals surface area (Å²) < 4.78 is 26.9. The van der Waals surface area contributed by atoms with Crippen LogP contribution in [0.3, 0.4) is 0 Å². The number of allylic oxidation sites excluding steroid dienone is 1. The normalized spacial score (nSPS) is 17.0. The standard InChI is InChI=1S/C16H13ClFNO3S/c1-16(2)14-13(23-6-19-14)11(20)10(15(16)21)9-8(18)5-4-7(17)12(9)22-3/h4-6,20H,1-3H3/i3D. The van der Waals surface area contributed by atoms with E-state index in [1.807, 2.05) is 0 Å². The number of rotatable bonds is 2. The summed E-state index contributed by atoms with van der Waals surface area (Å²) in [4.78, 5) is 17.5. The van der Waals surface area contributed by atoms with Gasteiger partial charge in [-0.15, -0.1) is 11.3 Å². The molecule has 0 atom stereocenters. The molecule has 120 valence electrons. The van der Waals surface area contributed by atoms with E-state index in [2.05, 4.69) is 4.98 Å². The minimum atomic E-state index is -1.04. The van der Waals surface area contributed by atoms with Crippen LogP contribution in [-0.2, 0) is 10.2 Å². The third-order valence-corrected chi connectivity index (χ3v) is 4.99. The predicted molar refractivity (Wildman–Crippen MR) is 87.6 cm³/mol. The third-order valence-electron chi connectivity index (χ3n) is 3.86. The SMILES string of the molecule is [2H]COc1c(Cl)ccc(F)c1C1=C(O)c2scnc2C(C)(C)C1=O. The van der Waals surface area contributed by atoms with Crippen LogP contribution in [0.1, 0.15) is 31.4 Å². The number of ether oxygens (including phenoxy) is 1. The molecule has 0 amide bonds. The predicted octanol–water partition coefficient (Wildman–Crippen LogP) is 4.23. The van der Waals surface area contributed by atoms with Crippen LogP contribution in [0.15, 0.2) is 17.6 Å². The number of nitrogens with zero attached hydrogens (tertiary/aromatic N) is 1. The molecule has 0 unspecified atom stereocenters. The zero-order valence-corrected chi connectivity index (χ0v) is 13.9. The first-order valence-corrected chi connectivity index (χ1v) is 7.89. The number of aliphatic hydroxyl groups is 1. The van der Waals surface area contributed by atoms with Crippen LogP contribution >= 0.6 is 22.9 Å². The van der Waals surface area contributed by atoms with Crippen LogP contribution in [0.5, 0.6) is 5.75 Å². The average Bonchev–Trinajstić information content (AvgIpc) is 3.03. The van der Waals surface area contributed by atoms with Crippen molar-refractivity contribution in [1.29, 1.82) is 0 Å². The highest BCUT2D eigenvalue weighted by atomic mass is 35.5. The van der Waals surface area contributed by atoms with Crippen molar-refractivity contribution >= 4 is 40.1 Å². The van der Waals surface area contributed by atoms with E-state index >= 15 is 0 Å². The fourth-order valence-electron chi connectivity index (χ4n) is 2.64. The Morgan fingerprint density at radius 2 is 2.22 bits per heavy atom. The molecule has 0 radical (unpaired) electrons. The zero-order valence-electron chi connectivity index (χ0n) is 13.3. The van der Waals surface area contributed by atoms with Crippen molar-refractivity contribution in [3.05, 3.63) is 44.6 Å². The molecule has 0 bridgehead atoms. The molecule has 0 aliphatic heterocycles. The van der Waals surface area contributed by atoms with Gasteiger partial charge in [0.1, 0.15) is 17.3 Å². The van der Waals surface area contributed by atoms with Crippen LogP contribution in [0.25, 0.3) is 11.3 Å². The summed E-state index contributed by atoms with van der Waals surface area (Å²) in [6.07, 6.45) is 0. The molecule has 23 heavy (non-hydrogen) atoms. The maximum atomic E-state index is 14.5. The number of fused-ring (bicyclic) bond motifs is 1. The second kappa shape index (κ2) is 5.32. The van der Waals surface area contributed by atoms with Crippen LogP contribution in [0, 0.1) is 5.82 Å². The smallest absolute Gasteiger partial charge is 0.179 e. The highest BCUT2D eigenvalue weighted by molar-refractivity contribution is 7.11. The summed E-state index contributed by atoms with van der Waals surface area (Å²) >= 11 is 7.21. The quantitative estimate of drug-likeness (QED) is 0.876. The van der Waals surface area contributed by atoms with Crippen molar-refractivity contribution in [3.63, 3.8) is 0 Å². The number of ketones is 1. The molecular formula is C16H13ClFNO3S. The summed E-state index contributed by atoms with van der Waals surface area (Å²) in [6, 6.07) is 2.37. The molecule has 0 saturated heterocycles. The minimum Gasteiger partial charge on any atom is -0.506 e. The van der Waals surface area contributed by atoms with E-state index in [1.54, 1.807) is 13.8 Å². The minimum absolute atomic E-state index is 0.0552. The number of hydrogen-bond donors (Lipinski definition) is 1. The molecule has 1 aromatic carbocycles. The summed E-state index contributed by atoms with van der Waals surface area (Å²) in [5, 5.41) is 10.6. The van der Waals surface area contributed by atoms with E-state index in [0.29, 0.717) is 10.6 Å². The van der Waals surface area contributed by atoms with Gasteiger partial charge in [-0.05, 0) is 26.0 Å². The first-order valence-electron chi connectivity index (χ1n) is 7.34. The number of halogens is 2. The van der Waals surface area contributed by atoms with Crippen LogP contribution in [-0.4, -0.2) is 23.0 Å². The number of benzene rings is 1. The number of hydrogen-bond acceptors (Lipinski definition) is 5. The lowest BCUT2D eigenvalue weighted by molar-refractivity contribution is -0.118. The maximum Gasteiger partial charge on any atom is 0.179 e. The monoisotopic (exact) mass is 354 g/mol. The zero-order chi connectivity index (χ0) is 17.6. The summed E-state index contributed by atoms with van der Waals surface area (Å²) in [6.45, 7) is 3.32. The first kappa shape index (κ1) is 14.7. The fourth-order valence-corrected chi connectivity index (χ4v) is 3.75. The van der Waals surface area contributed by atoms with Gasteiger partial charge in [0, 0.05) is 0 Å². The Balaban J connectivity index is 2.37. The van der Waals surface area contributed by atoms with Gasteiger partial charge in [0.2, 0.25) is 0 Å². The van der Waals surface area contributed by atoms with Gasteiger partial charge in [-0.3, -0.25) is 4.79 Å². The topological polar surface area (TPSA) is 59.4 Å². The molecule has 1 aromatic heterocycles. The number of Topliss-reactive ketones (excluding diaryl/α,β-unsaturated/α-hetero) is 1. The molecule has 1 heterocycles. The van der Waals surface area contributed by atoms with Gasteiger partial charge in [0.25, 0.3) is 0 Å². The molecule has 2 aromatic rings. The van der Waals surface area contributed by atoms with Gasteiger partial charge >= 0.3 is 0 Å². The lowest BCUT2D eigenvalue weighted by Gasteiger charge is -2.29. The number of carbonyl (C=O) groups excluding carboxylic acids is 1. The maximum absolute atomic E-state index is 14.5. The van der Waals surface area contributed by atoms with Crippen LogP contribution < -0.4 is 4.74 Å². The highest BCUT2D eigenvalue weighted by Crippen LogP contribution is 2.47. The van der Waals surface area contributed by atoms with Crippen molar-refractivity contribution < 1.29 is 20.4 Å². The Labute approximate surface area is 142 Å². The van der Waals surface area contributed by atoms with Gasteiger partial charge in [-0.1, -0.05) is 11.6 Å². The van der Waals surface area contributed by atoms with E-state index in [4.69, 9.17) is 17.7 Å². The molecule has 4 nitrogen and oxygen atoms in total. The van der Waals surface area contributed by atoms with Gasteiger partial charge in [0.05, 0.1) is 46.1 Å². The molecule has 3 rings (SSSR count). The van der Waals surface area contributed by atoms with E-state index in [1.165, 1.54) is 11.6 Å². The van der Waals surface area contributed by atoms with Crippen molar-refractivity contribution in [3.8, 4) is 5.75 Å². The molecule has 1 aliphatic carbocycles. The number of carbonyl (C=O) groups is 1. The van der Waals surface area contributed by atoms with Gasteiger partial charge in [-0.2, -0.15) is 0 Å². The Bertz CT molecular complexity index is 878. The van der Waals surface area contributed by atoms with E-state index in [0.717, 1.165) is 17.4 Å². The molecule has 0 saturated carbocycles. The van der Waals surface area contributed by atoms with E-state index < -0.39 is 24.1 Å². The summed E-state index contributed by atoms with van der Waals surface area (Å²) in [5.74, 6) is -1.74. The third kappa shape index (κ3) is 2.16. The fraction of sp³-hybridized carbons (Fsp3) is 0.250. The molecule has 7 heteroatoms. The van der Waals surface area contributed by atoms with E-state index in [-0.39, 0.29) is 27.7 Å². The molecule has 1 N–H and O–H groups in total. The number of aromatic nitrogens is 1.